The van der Waals surface area contributed by atoms with Gasteiger partial charge < -0.3 is 19.2 Å². The molecule has 136 valence electrons. The molecular weight excluding hydrogens is 350 g/mol. The lowest BCUT2D eigenvalue weighted by Crippen LogP contribution is -2.30. The van der Waals surface area contributed by atoms with Gasteiger partial charge in [0.05, 0.1) is 18.0 Å². The molecule has 6 nitrogen and oxygen atoms in total. The second-order valence-electron chi connectivity index (χ2n) is 6.34. The van der Waals surface area contributed by atoms with E-state index in [0.717, 1.165) is 40.1 Å². The van der Waals surface area contributed by atoms with Crippen LogP contribution in [-0.2, 0) is 6.54 Å². The molecule has 1 aliphatic heterocycles. The van der Waals surface area contributed by atoms with E-state index in [1.807, 2.05) is 30.3 Å². The van der Waals surface area contributed by atoms with Gasteiger partial charge in [-0.05, 0) is 44.4 Å². The van der Waals surface area contributed by atoms with Crippen LogP contribution in [-0.4, -0.2) is 37.3 Å². The van der Waals surface area contributed by atoms with E-state index in [1.54, 1.807) is 17.6 Å². The third-order valence-corrected chi connectivity index (χ3v) is 5.25. The van der Waals surface area contributed by atoms with Crippen LogP contribution in [0.4, 0.5) is 0 Å². The lowest BCUT2D eigenvalue weighted by atomic mass is 10.2. The molecule has 0 radical (unpaired) electrons. The predicted octanol–water partition coefficient (Wildman–Crippen LogP) is 3.52. The topological polar surface area (TPSA) is 59.8 Å². The van der Waals surface area contributed by atoms with Crippen LogP contribution in [0.25, 0.3) is 10.6 Å². The molecule has 1 unspecified atom stereocenters. The normalized spacial score (nSPS) is 14.1. The number of ether oxygens (including phenoxy) is 2. The first kappa shape index (κ1) is 17.1. The van der Waals surface area contributed by atoms with Crippen molar-refractivity contribution in [2.24, 2.45) is 0 Å². The quantitative estimate of drug-likeness (QED) is 0.686. The van der Waals surface area contributed by atoms with Crippen molar-refractivity contribution in [1.29, 1.82) is 0 Å². The lowest BCUT2D eigenvalue weighted by Gasteiger charge is -2.22. The third-order valence-electron chi connectivity index (χ3n) is 4.31. The van der Waals surface area contributed by atoms with Crippen molar-refractivity contribution in [2.45, 2.75) is 12.6 Å². The molecule has 0 saturated heterocycles. The zero-order chi connectivity index (χ0) is 17.9. The van der Waals surface area contributed by atoms with E-state index >= 15 is 0 Å². The summed E-state index contributed by atoms with van der Waals surface area (Å²) in [5.74, 6) is 2.53. The van der Waals surface area contributed by atoms with Gasteiger partial charge in [0, 0.05) is 24.0 Å². The maximum atomic E-state index is 5.54. The number of rotatable bonds is 7. The van der Waals surface area contributed by atoms with E-state index < -0.39 is 0 Å². The highest BCUT2D eigenvalue weighted by atomic mass is 32.1. The number of likely N-dealkylation sites (N-methyl/N-ethyl adjacent to an activating group) is 1. The number of hydrogen-bond acceptors (Lipinski definition) is 7. The minimum atomic E-state index is 0.192. The Labute approximate surface area is 156 Å². The van der Waals surface area contributed by atoms with Crippen molar-refractivity contribution >= 4 is 11.3 Å². The number of benzene rings is 1. The highest BCUT2D eigenvalue weighted by Crippen LogP contribution is 2.36. The summed E-state index contributed by atoms with van der Waals surface area (Å²) in [6.45, 7) is 1.79. The standard InChI is InChI=1S/C19H21N3O3S/c1-22(2)15(16-4-3-7-23-16)10-20-9-14-11-26-19(21-14)13-5-6-17-18(8-13)25-12-24-17/h3-8,11,15,20H,9-10,12H2,1-2H3. The summed E-state index contributed by atoms with van der Waals surface area (Å²) in [6, 6.07) is 10.1. The monoisotopic (exact) mass is 371 g/mol. The Bertz CT molecular complexity index is 861. The largest absolute Gasteiger partial charge is 0.468 e. The van der Waals surface area contributed by atoms with Crippen LogP contribution in [0.3, 0.4) is 0 Å². The summed E-state index contributed by atoms with van der Waals surface area (Å²) in [4.78, 5) is 6.88. The van der Waals surface area contributed by atoms with Crippen LogP contribution in [0.5, 0.6) is 11.5 Å². The van der Waals surface area contributed by atoms with Crippen LogP contribution in [0, 0.1) is 0 Å². The van der Waals surface area contributed by atoms with Gasteiger partial charge in [-0.3, -0.25) is 4.90 Å². The van der Waals surface area contributed by atoms with Gasteiger partial charge in [-0.2, -0.15) is 0 Å². The van der Waals surface area contributed by atoms with Gasteiger partial charge >= 0.3 is 0 Å². The smallest absolute Gasteiger partial charge is 0.231 e. The molecule has 7 heteroatoms. The van der Waals surface area contributed by atoms with Gasteiger partial charge in [-0.1, -0.05) is 0 Å². The SMILES string of the molecule is CN(C)C(CNCc1csc(-c2ccc3c(c2)OCO3)n1)c1ccco1. The Morgan fingerprint density at radius 1 is 1.23 bits per heavy atom. The summed E-state index contributed by atoms with van der Waals surface area (Å²) in [7, 11) is 4.10. The van der Waals surface area contributed by atoms with Crippen molar-refractivity contribution in [2.75, 3.05) is 27.4 Å². The van der Waals surface area contributed by atoms with Crippen molar-refractivity contribution in [3.8, 4) is 22.1 Å². The predicted molar refractivity (Wildman–Crippen MR) is 101 cm³/mol. The fourth-order valence-electron chi connectivity index (χ4n) is 2.91. The van der Waals surface area contributed by atoms with E-state index in [0.29, 0.717) is 6.54 Å². The third kappa shape index (κ3) is 3.60. The number of hydrogen-bond donors (Lipinski definition) is 1. The van der Waals surface area contributed by atoms with Crippen LogP contribution >= 0.6 is 11.3 Å². The van der Waals surface area contributed by atoms with Crippen LogP contribution in [0.2, 0.25) is 0 Å². The molecule has 1 N–H and O–H groups in total. The second kappa shape index (κ2) is 7.49. The van der Waals surface area contributed by atoms with E-state index in [9.17, 15) is 0 Å². The molecule has 0 aliphatic carbocycles. The number of nitrogens with zero attached hydrogens (tertiary/aromatic N) is 2. The van der Waals surface area contributed by atoms with Gasteiger partial charge in [0.15, 0.2) is 11.5 Å². The fourth-order valence-corrected chi connectivity index (χ4v) is 3.72. The van der Waals surface area contributed by atoms with Gasteiger partial charge in [0.1, 0.15) is 10.8 Å². The van der Waals surface area contributed by atoms with Gasteiger partial charge in [-0.15, -0.1) is 11.3 Å². The Kier molecular flexibility index (Phi) is 4.92. The number of thiazole rings is 1. The van der Waals surface area contributed by atoms with E-state index in [2.05, 4.69) is 29.7 Å². The van der Waals surface area contributed by atoms with Gasteiger partial charge in [0.2, 0.25) is 6.79 Å². The van der Waals surface area contributed by atoms with E-state index in [1.165, 1.54) is 0 Å². The minimum Gasteiger partial charge on any atom is -0.468 e. The number of fused-ring (bicyclic) bond motifs is 1. The molecule has 2 aromatic heterocycles. The van der Waals surface area contributed by atoms with Crippen LogP contribution in [0.15, 0.2) is 46.4 Å². The summed E-state index contributed by atoms with van der Waals surface area (Å²) in [5, 5.41) is 6.55. The molecule has 1 aromatic carbocycles. The first-order valence-corrected chi connectivity index (χ1v) is 9.33. The molecule has 0 saturated carbocycles. The van der Waals surface area contributed by atoms with Crippen molar-refractivity contribution in [3.63, 3.8) is 0 Å². The number of nitrogens with one attached hydrogen (secondary N) is 1. The molecule has 1 aliphatic rings. The van der Waals surface area contributed by atoms with E-state index in [4.69, 9.17) is 18.9 Å². The summed E-state index contributed by atoms with van der Waals surface area (Å²) in [6.07, 6.45) is 1.71. The van der Waals surface area contributed by atoms with Crippen LogP contribution < -0.4 is 14.8 Å². The number of furan rings is 1. The summed E-state index contributed by atoms with van der Waals surface area (Å²) >= 11 is 1.63. The first-order chi connectivity index (χ1) is 12.7. The van der Waals surface area contributed by atoms with Gasteiger partial charge in [0.25, 0.3) is 0 Å². The summed E-state index contributed by atoms with van der Waals surface area (Å²) < 4.78 is 16.3. The molecule has 1 atom stereocenters. The molecule has 0 bridgehead atoms. The highest BCUT2D eigenvalue weighted by molar-refractivity contribution is 7.13. The summed E-state index contributed by atoms with van der Waals surface area (Å²) in [5.41, 5.74) is 2.08. The lowest BCUT2D eigenvalue weighted by molar-refractivity contribution is 0.174. The van der Waals surface area contributed by atoms with Crippen molar-refractivity contribution < 1.29 is 13.9 Å². The first-order valence-electron chi connectivity index (χ1n) is 8.45. The molecule has 0 spiro atoms. The maximum Gasteiger partial charge on any atom is 0.231 e. The molecule has 4 rings (SSSR count). The molecule has 3 aromatic rings. The zero-order valence-corrected chi connectivity index (χ0v) is 15.6. The molecule has 3 heterocycles. The fraction of sp³-hybridized carbons (Fsp3) is 0.316. The Hall–Kier alpha value is -2.35. The Morgan fingerprint density at radius 2 is 2.12 bits per heavy atom. The zero-order valence-electron chi connectivity index (χ0n) is 14.8. The van der Waals surface area contributed by atoms with Crippen molar-refractivity contribution in [3.05, 3.63) is 53.4 Å². The average molecular weight is 371 g/mol. The maximum absolute atomic E-state index is 5.54. The molecular formula is C19H21N3O3S. The highest BCUT2D eigenvalue weighted by Gasteiger charge is 2.17. The Morgan fingerprint density at radius 3 is 2.92 bits per heavy atom. The average Bonchev–Trinajstić information content (AvgIpc) is 3.38. The van der Waals surface area contributed by atoms with Crippen LogP contribution in [0.1, 0.15) is 17.5 Å². The van der Waals surface area contributed by atoms with E-state index in [-0.39, 0.29) is 12.8 Å². The van der Waals surface area contributed by atoms with Gasteiger partial charge in [-0.25, -0.2) is 4.98 Å². The molecule has 0 amide bonds. The molecule has 0 fully saturated rings. The second-order valence-corrected chi connectivity index (χ2v) is 7.20. The minimum absolute atomic E-state index is 0.192. The Balaban J connectivity index is 1.38. The molecule has 26 heavy (non-hydrogen) atoms. The van der Waals surface area contributed by atoms with Crippen molar-refractivity contribution in [1.82, 2.24) is 15.2 Å². The number of aromatic nitrogens is 1.